The van der Waals surface area contributed by atoms with E-state index < -0.39 is 11.7 Å². The minimum atomic E-state index is -0.516. The summed E-state index contributed by atoms with van der Waals surface area (Å²) < 4.78 is 13.6. The van der Waals surface area contributed by atoms with Gasteiger partial charge in [0.15, 0.2) is 0 Å². The van der Waals surface area contributed by atoms with E-state index in [0.29, 0.717) is 31.9 Å². The SMILES string of the molecule is O=C(CCC(=O)N1CCN(C(=O)c2cc3ccccc3[nH]2)CC1)Nc1ccccc1F. The molecule has 2 heterocycles. The number of piperazine rings is 1. The van der Waals surface area contributed by atoms with Gasteiger partial charge in [-0.25, -0.2) is 4.39 Å². The molecule has 4 rings (SSSR count). The average molecular weight is 422 g/mol. The first kappa shape index (κ1) is 20.6. The summed E-state index contributed by atoms with van der Waals surface area (Å²) in [5, 5.41) is 3.46. The fourth-order valence-corrected chi connectivity index (χ4v) is 3.67. The Hall–Kier alpha value is -3.68. The van der Waals surface area contributed by atoms with E-state index in [1.165, 1.54) is 18.2 Å². The van der Waals surface area contributed by atoms with Crippen LogP contribution in [0.3, 0.4) is 0 Å². The minimum absolute atomic E-state index is 0.0264. The fraction of sp³-hybridized carbons (Fsp3) is 0.261. The van der Waals surface area contributed by atoms with Crippen molar-refractivity contribution >= 4 is 34.3 Å². The highest BCUT2D eigenvalue weighted by Crippen LogP contribution is 2.17. The Kier molecular flexibility index (Phi) is 5.97. The Morgan fingerprint density at radius 3 is 2.32 bits per heavy atom. The smallest absolute Gasteiger partial charge is 0.270 e. The number of amides is 3. The number of carbonyl (C=O) groups excluding carboxylic acids is 3. The van der Waals surface area contributed by atoms with Crippen LogP contribution in [0.1, 0.15) is 23.3 Å². The highest BCUT2D eigenvalue weighted by atomic mass is 19.1. The lowest BCUT2D eigenvalue weighted by Crippen LogP contribution is -2.50. The summed E-state index contributed by atoms with van der Waals surface area (Å²) in [5.41, 5.74) is 1.54. The first-order valence-corrected chi connectivity index (χ1v) is 10.2. The Morgan fingerprint density at radius 1 is 0.903 bits per heavy atom. The molecule has 2 N–H and O–H groups in total. The number of halogens is 1. The Labute approximate surface area is 178 Å². The Balaban J connectivity index is 1.25. The Morgan fingerprint density at radius 2 is 1.58 bits per heavy atom. The van der Waals surface area contributed by atoms with E-state index in [1.54, 1.807) is 15.9 Å². The van der Waals surface area contributed by atoms with Crippen molar-refractivity contribution in [2.45, 2.75) is 12.8 Å². The molecule has 1 saturated heterocycles. The predicted molar refractivity (Wildman–Crippen MR) is 115 cm³/mol. The van der Waals surface area contributed by atoms with Gasteiger partial charge in [-0.3, -0.25) is 14.4 Å². The normalized spacial score (nSPS) is 14.0. The summed E-state index contributed by atoms with van der Waals surface area (Å²) >= 11 is 0. The number of aromatic nitrogens is 1. The summed E-state index contributed by atoms with van der Waals surface area (Å²) in [4.78, 5) is 43.8. The number of carbonyl (C=O) groups is 3. The number of nitrogens with zero attached hydrogens (tertiary/aromatic N) is 2. The number of hydrogen-bond acceptors (Lipinski definition) is 3. The van der Waals surface area contributed by atoms with Crippen molar-refractivity contribution in [3.63, 3.8) is 0 Å². The number of fused-ring (bicyclic) bond motifs is 1. The van der Waals surface area contributed by atoms with Crippen LogP contribution < -0.4 is 5.32 Å². The maximum Gasteiger partial charge on any atom is 0.270 e. The van der Waals surface area contributed by atoms with Crippen molar-refractivity contribution in [3.8, 4) is 0 Å². The van der Waals surface area contributed by atoms with Gasteiger partial charge >= 0.3 is 0 Å². The fourth-order valence-electron chi connectivity index (χ4n) is 3.67. The van der Waals surface area contributed by atoms with Crippen molar-refractivity contribution in [2.75, 3.05) is 31.5 Å². The lowest BCUT2D eigenvalue weighted by Gasteiger charge is -2.34. The van der Waals surface area contributed by atoms with Crippen LogP contribution in [-0.4, -0.2) is 58.7 Å². The van der Waals surface area contributed by atoms with E-state index in [0.717, 1.165) is 10.9 Å². The zero-order valence-corrected chi connectivity index (χ0v) is 16.9. The molecule has 0 aliphatic carbocycles. The molecule has 0 atom stereocenters. The molecule has 0 spiro atoms. The van der Waals surface area contributed by atoms with E-state index in [-0.39, 0.29) is 30.3 Å². The largest absolute Gasteiger partial charge is 0.351 e. The number of aromatic amines is 1. The summed E-state index contributed by atoms with van der Waals surface area (Å²) in [6.07, 6.45) is 0.0115. The van der Waals surface area contributed by atoms with Gasteiger partial charge in [0.2, 0.25) is 11.8 Å². The third-order valence-electron chi connectivity index (χ3n) is 5.39. The number of hydrogen-bond donors (Lipinski definition) is 2. The van der Waals surface area contributed by atoms with E-state index in [4.69, 9.17) is 0 Å². The molecule has 2 aromatic carbocycles. The van der Waals surface area contributed by atoms with Gasteiger partial charge < -0.3 is 20.1 Å². The van der Waals surface area contributed by atoms with Gasteiger partial charge in [0.05, 0.1) is 5.69 Å². The molecule has 1 fully saturated rings. The maximum absolute atomic E-state index is 13.6. The van der Waals surface area contributed by atoms with Crippen LogP contribution in [0.5, 0.6) is 0 Å². The quantitative estimate of drug-likeness (QED) is 0.663. The molecular formula is C23H23FN4O3. The molecular weight excluding hydrogens is 399 g/mol. The third kappa shape index (κ3) is 4.74. The van der Waals surface area contributed by atoms with Crippen LogP contribution in [0.2, 0.25) is 0 Å². The van der Waals surface area contributed by atoms with Gasteiger partial charge in [0.1, 0.15) is 11.5 Å². The highest BCUT2D eigenvalue weighted by molar-refractivity contribution is 5.98. The van der Waals surface area contributed by atoms with Gasteiger partial charge in [-0.2, -0.15) is 0 Å². The van der Waals surface area contributed by atoms with Crippen molar-refractivity contribution in [2.24, 2.45) is 0 Å². The second-order valence-corrected chi connectivity index (χ2v) is 7.47. The van der Waals surface area contributed by atoms with Crippen LogP contribution in [0.4, 0.5) is 10.1 Å². The van der Waals surface area contributed by atoms with Gasteiger partial charge in [-0.15, -0.1) is 0 Å². The maximum atomic E-state index is 13.6. The average Bonchev–Trinajstić information content (AvgIpc) is 3.23. The molecule has 1 aliphatic rings. The summed E-state index contributed by atoms with van der Waals surface area (Å²) in [5.74, 6) is -1.17. The second-order valence-electron chi connectivity index (χ2n) is 7.47. The molecule has 0 radical (unpaired) electrons. The number of para-hydroxylation sites is 2. The number of nitrogens with one attached hydrogen (secondary N) is 2. The standard InChI is InChI=1S/C23H23FN4O3/c24-17-6-2-4-8-19(17)26-21(29)9-10-22(30)27-11-13-28(14-12-27)23(31)20-15-16-5-1-3-7-18(16)25-20/h1-8,15,25H,9-14H2,(H,26,29). The predicted octanol–water partition coefficient (Wildman–Crippen LogP) is 3.01. The van der Waals surface area contributed by atoms with E-state index in [9.17, 15) is 18.8 Å². The monoisotopic (exact) mass is 422 g/mol. The number of benzene rings is 2. The van der Waals surface area contributed by atoms with Gasteiger partial charge in [0.25, 0.3) is 5.91 Å². The molecule has 1 aliphatic heterocycles. The van der Waals surface area contributed by atoms with E-state index >= 15 is 0 Å². The topological polar surface area (TPSA) is 85.5 Å². The van der Waals surface area contributed by atoms with Crippen LogP contribution in [0.25, 0.3) is 10.9 Å². The molecule has 7 nitrogen and oxygen atoms in total. The van der Waals surface area contributed by atoms with Crippen LogP contribution in [0, 0.1) is 5.82 Å². The van der Waals surface area contributed by atoms with Gasteiger partial charge in [-0.1, -0.05) is 30.3 Å². The summed E-state index contributed by atoms with van der Waals surface area (Å²) in [6, 6.07) is 15.4. The summed E-state index contributed by atoms with van der Waals surface area (Å²) in [6.45, 7) is 1.70. The van der Waals surface area contributed by atoms with E-state index in [1.807, 2.05) is 30.3 Å². The van der Waals surface area contributed by atoms with Gasteiger partial charge in [0, 0.05) is 49.9 Å². The number of anilines is 1. The van der Waals surface area contributed by atoms with E-state index in [2.05, 4.69) is 10.3 Å². The zero-order valence-electron chi connectivity index (χ0n) is 16.9. The molecule has 0 saturated carbocycles. The van der Waals surface area contributed by atoms with Crippen molar-refractivity contribution < 1.29 is 18.8 Å². The molecule has 3 amide bonds. The van der Waals surface area contributed by atoms with Crippen LogP contribution in [0.15, 0.2) is 54.6 Å². The van der Waals surface area contributed by atoms with Gasteiger partial charge in [-0.05, 0) is 24.3 Å². The molecule has 31 heavy (non-hydrogen) atoms. The lowest BCUT2D eigenvalue weighted by molar-refractivity contribution is -0.134. The third-order valence-corrected chi connectivity index (χ3v) is 5.39. The minimum Gasteiger partial charge on any atom is -0.351 e. The highest BCUT2D eigenvalue weighted by Gasteiger charge is 2.26. The summed E-state index contributed by atoms with van der Waals surface area (Å²) in [7, 11) is 0. The molecule has 0 bridgehead atoms. The molecule has 160 valence electrons. The lowest BCUT2D eigenvalue weighted by atomic mass is 10.2. The van der Waals surface area contributed by atoms with Crippen LogP contribution in [-0.2, 0) is 9.59 Å². The molecule has 1 aromatic heterocycles. The first-order chi connectivity index (χ1) is 15.0. The molecule has 3 aromatic rings. The Bertz CT molecular complexity index is 1090. The first-order valence-electron chi connectivity index (χ1n) is 10.2. The molecule has 0 unspecified atom stereocenters. The number of H-pyrrole nitrogens is 1. The van der Waals surface area contributed by atoms with Crippen molar-refractivity contribution in [3.05, 3.63) is 66.1 Å². The van der Waals surface area contributed by atoms with Crippen molar-refractivity contribution in [1.29, 1.82) is 0 Å². The number of rotatable bonds is 5. The zero-order chi connectivity index (χ0) is 21.8. The van der Waals surface area contributed by atoms with Crippen LogP contribution >= 0.6 is 0 Å². The molecule has 8 heteroatoms. The van der Waals surface area contributed by atoms with Crippen molar-refractivity contribution in [1.82, 2.24) is 14.8 Å². The second kappa shape index (κ2) is 8.99.